The van der Waals surface area contributed by atoms with Crippen molar-refractivity contribution in [1.82, 2.24) is 5.32 Å². The van der Waals surface area contributed by atoms with Gasteiger partial charge in [-0.15, -0.1) is 0 Å². The smallest absolute Gasteiger partial charge is 0.133 e. The summed E-state index contributed by atoms with van der Waals surface area (Å²) in [7, 11) is 0. The van der Waals surface area contributed by atoms with Gasteiger partial charge < -0.3 is 0 Å². The van der Waals surface area contributed by atoms with Gasteiger partial charge in [0.1, 0.15) is 6.73 Å². The summed E-state index contributed by atoms with van der Waals surface area (Å²) in [5.41, 5.74) is 0. The van der Waals surface area contributed by atoms with Gasteiger partial charge in [0.15, 0.2) is 0 Å². The van der Waals surface area contributed by atoms with Crippen LogP contribution in [-0.4, -0.2) is 12.8 Å². The van der Waals surface area contributed by atoms with Crippen LogP contribution in [0.5, 0.6) is 0 Å². The van der Waals surface area contributed by atoms with Crippen LogP contribution in [0.4, 0.5) is 0 Å². The fraction of sp³-hybridized carbons (Fsp3) is 1.00. The second-order valence-corrected chi connectivity index (χ2v) is 2.04. The summed E-state index contributed by atoms with van der Waals surface area (Å²) in [4.78, 5) is 0. The Morgan fingerprint density at radius 2 is 2.25 bits per heavy atom. The molecule has 0 fully saturated rings. The maximum Gasteiger partial charge on any atom is 0.133 e. The molecular formula is C6H14NO. The SMILES string of the molecule is CCCC(C)NC[O]. The van der Waals surface area contributed by atoms with Gasteiger partial charge in [0, 0.05) is 6.04 Å². The highest BCUT2D eigenvalue weighted by atomic mass is 16.3. The molecule has 8 heavy (non-hydrogen) atoms. The zero-order valence-electron chi connectivity index (χ0n) is 5.61. The lowest BCUT2D eigenvalue weighted by molar-refractivity contribution is 0.155. The van der Waals surface area contributed by atoms with Crippen LogP contribution < -0.4 is 5.32 Å². The normalized spacial score (nSPS) is 13.9. The van der Waals surface area contributed by atoms with E-state index < -0.39 is 0 Å². The molecule has 2 nitrogen and oxygen atoms in total. The number of hydrogen-bond acceptors (Lipinski definition) is 1. The molecule has 0 aromatic rings. The minimum atomic E-state index is -0.152. The van der Waals surface area contributed by atoms with E-state index in [0.29, 0.717) is 6.04 Å². The lowest BCUT2D eigenvalue weighted by Crippen LogP contribution is -2.25. The van der Waals surface area contributed by atoms with Crippen LogP contribution in [0.3, 0.4) is 0 Å². The molecular weight excluding hydrogens is 102 g/mol. The molecule has 0 aliphatic carbocycles. The van der Waals surface area contributed by atoms with Gasteiger partial charge in [-0.2, -0.15) is 0 Å². The average Bonchev–Trinajstić information content (AvgIpc) is 1.68. The van der Waals surface area contributed by atoms with E-state index in [1.165, 1.54) is 0 Å². The van der Waals surface area contributed by atoms with Crippen molar-refractivity contribution in [1.29, 1.82) is 0 Å². The predicted octanol–water partition coefficient (Wildman–Crippen LogP) is 1.15. The topological polar surface area (TPSA) is 31.9 Å². The molecule has 0 heterocycles. The van der Waals surface area contributed by atoms with Gasteiger partial charge in [0.05, 0.1) is 0 Å². The molecule has 0 rings (SSSR count). The van der Waals surface area contributed by atoms with Crippen molar-refractivity contribution >= 4 is 0 Å². The fourth-order valence-corrected chi connectivity index (χ4v) is 0.677. The Morgan fingerprint density at radius 3 is 2.62 bits per heavy atom. The third kappa shape index (κ3) is 4.09. The van der Waals surface area contributed by atoms with Gasteiger partial charge in [-0.3, -0.25) is 5.32 Å². The van der Waals surface area contributed by atoms with E-state index in [9.17, 15) is 5.11 Å². The van der Waals surface area contributed by atoms with Crippen molar-refractivity contribution in [2.24, 2.45) is 0 Å². The molecule has 49 valence electrons. The van der Waals surface area contributed by atoms with Crippen LogP contribution in [0, 0.1) is 0 Å². The lowest BCUT2D eigenvalue weighted by Gasteiger charge is -2.07. The maximum atomic E-state index is 9.90. The maximum absolute atomic E-state index is 9.90. The monoisotopic (exact) mass is 116 g/mol. The minimum absolute atomic E-state index is 0.152. The van der Waals surface area contributed by atoms with Crippen LogP contribution in [0.2, 0.25) is 0 Å². The van der Waals surface area contributed by atoms with Gasteiger partial charge in [0.2, 0.25) is 0 Å². The summed E-state index contributed by atoms with van der Waals surface area (Å²) in [6.07, 6.45) is 2.25. The Morgan fingerprint density at radius 1 is 1.62 bits per heavy atom. The van der Waals surface area contributed by atoms with E-state index in [-0.39, 0.29) is 6.73 Å². The largest absolute Gasteiger partial charge is 0.290 e. The highest BCUT2D eigenvalue weighted by molar-refractivity contribution is 4.54. The molecule has 0 aliphatic rings. The molecule has 0 amide bonds. The Balaban J connectivity index is 2.92. The standard InChI is InChI=1S/C6H14NO/c1-3-4-6(2)7-5-8/h6-7H,3-5H2,1-2H3. The summed E-state index contributed by atoms with van der Waals surface area (Å²) in [6.45, 7) is 3.99. The van der Waals surface area contributed by atoms with Crippen molar-refractivity contribution in [3.8, 4) is 0 Å². The molecule has 1 N–H and O–H groups in total. The second-order valence-electron chi connectivity index (χ2n) is 2.04. The number of nitrogens with one attached hydrogen (secondary N) is 1. The Bertz CT molecular complexity index is 41.8. The summed E-state index contributed by atoms with van der Waals surface area (Å²) in [6, 6.07) is 0.400. The predicted molar refractivity (Wildman–Crippen MR) is 33.1 cm³/mol. The van der Waals surface area contributed by atoms with Gasteiger partial charge in [-0.05, 0) is 13.3 Å². The fourth-order valence-electron chi connectivity index (χ4n) is 0.677. The number of hydrogen-bond donors (Lipinski definition) is 1. The molecule has 1 radical (unpaired) electrons. The first-order chi connectivity index (χ1) is 3.81. The van der Waals surface area contributed by atoms with E-state index >= 15 is 0 Å². The Kier molecular flexibility index (Phi) is 5.01. The molecule has 2 heteroatoms. The van der Waals surface area contributed by atoms with E-state index in [4.69, 9.17) is 0 Å². The average molecular weight is 116 g/mol. The van der Waals surface area contributed by atoms with Crippen molar-refractivity contribution in [3.63, 3.8) is 0 Å². The molecule has 0 aliphatic heterocycles. The Hall–Kier alpha value is -0.0800. The first-order valence-corrected chi connectivity index (χ1v) is 3.12. The zero-order valence-corrected chi connectivity index (χ0v) is 5.61. The minimum Gasteiger partial charge on any atom is -0.290 e. The lowest BCUT2D eigenvalue weighted by atomic mass is 10.2. The van der Waals surface area contributed by atoms with Gasteiger partial charge >= 0.3 is 0 Å². The van der Waals surface area contributed by atoms with Crippen molar-refractivity contribution in [2.75, 3.05) is 6.73 Å². The van der Waals surface area contributed by atoms with E-state index in [2.05, 4.69) is 12.2 Å². The Labute approximate surface area is 50.9 Å². The first-order valence-electron chi connectivity index (χ1n) is 3.12. The van der Waals surface area contributed by atoms with Crippen LogP contribution >= 0.6 is 0 Å². The molecule has 0 saturated carbocycles. The summed E-state index contributed by atoms with van der Waals surface area (Å²) >= 11 is 0. The molecule has 0 saturated heterocycles. The second kappa shape index (κ2) is 5.06. The summed E-state index contributed by atoms with van der Waals surface area (Å²) in [5.74, 6) is 0. The van der Waals surface area contributed by atoms with Crippen molar-refractivity contribution in [2.45, 2.75) is 32.7 Å². The van der Waals surface area contributed by atoms with Crippen LogP contribution in [-0.2, 0) is 5.11 Å². The third-order valence-corrected chi connectivity index (χ3v) is 1.15. The summed E-state index contributed by atoms with van der Waals surface area (Å²) < 4.78 is 0. The third-order valence-electron chi connectivity index (χ3n) is 1.15. The highest BCUT2D eigenvalue weighted by Crippen LogP contribution is 1.92. The molecule has 0 spiro atoms. The van der Waals surface area contributed by atoms with Crippen LogP contribution in [0.15, 0.2) is 0 Å². The van der Waals surface area contributed by atoms with E-state index in [1.54, 1.807) is 0 Å². The molecule has 1 atom stereocenters. The highest BCUT2D eigenvalue weighted by Gasteiger charge is 1.95. The zero-order chi connectivity index (χ0) is 6.41. The van der Waals surface area contributed by atoms with Crippen LogP contribution in [0.25, 0.3) is 0 Å². The molecule has 0 bridgehead atoms. The quantitative estimate of drug-likeness (QED) is 0.549. The number of rotatable bonds is 4. The molecule has 0 aromatic heterocycles. The van der Waals surface area contributed by atoms with E-state index in [1.807, 2.05) is 6.92 Å². The van der Waals surface area contributed by atoms with E-state index in [0.717, 1.165) is 12.8 Å². The molecule has 0 aromatic carbocycles. The van der Waals surface area contributed by atoms with Crippen molar-refractivity contribution in [3.05, 3.63) is 0 Å². The first kappa shape index (κ1) is 7.92. The van der Waals surface area contributed by atoms with Crippen LogP contribution in [0.1, 0.15) is 26.7 Å². The summed E-state index contributed by atoms with van der Waals surface area (Å²) in [5, 5.41) is 12.7. The van der Waals surface area contributed by atoms with Gasteiger partial charge in [-0.1, -0.05) is 13.3 Å². The van der Waals surface area contributed by atoms with Gasteiger partial charge in [-0.25, -0.2) is 5.11 Å². The van der Waals surface area contributed by atoms with Crippen molar-refractivity contribution < 1.29 is 5.11 Å². The molecule has 1 unspecified atom stereocenters. The van der Waals surface area contributed by atoms with Gasteiger partial charge in [0.25, 0.3) is 0 Å².